The smallest absolute Gasteiger partial charge is 0.321 e. The molecular formula is C12H14N6OS2. The molecule has 0 radical (unpaired) electrons. The number of amides is 2. The molecule has 0 saturated carbocycles. The van der Waals surface area contributed by atoms with Crippen LogP contribution in [0.5, 0.6) is 0 Å². The minimum Gasteiger partial charge on any atom is -0.332 e. The van der Waals surface area contributed by atoms with E-state index >= 15 is 0 Å². The van der Waals surface area contributed by atoms with Crippen molar-refractivity contribution in [2.45, 2.75) is 27.3 Å². The zero-order valence-corrected chi connectivity index (χ0v) is 13.4. The Morgan fingerprint density at radius 3 is 2.76 bits per heavy atom. The molecule has 3 rings (SSSR count). The second-order valence-corrected chi connectivity index (χ2v) is 6.93. The van der Waals surface area contributed by atoms with Crippen LogP contribution < -0.4 is 10.6 Å². The molecule has 7 nitrogen and oxygen atoms in total. The highest BCUT2D eigenvalue weighted by Gasteiger charge is 2.10. The van der Waals surface area contributed by atoms with E-state index in [9.17, 15) is 4.79 Å². The molecule has 0 aliphatic rings. The molecule has 9 heteroatoms. The first-order valence-electron chi connectivity index (χ1n) is 6.32. The summed E-state index contributed by atoms with van der Waals surface area (Å²) < 4.78 is 2.04. The van der Waals surface area contributed by atoms with Crippen molar-refractivity contribution in [2.75, 3.05) is 5.32 Å². The summed E-state index contributed by atoms with van der Waals surface area (Å²) in [5.41, 5.74) is 2.01. The van der Waals surface area contributed by atoms with Crippen LogP contribution in [0.4, 0.5) is 9.93 Å². The minimum atomic E-state index is -0.310. The van der Waals surface area contributed by atoms with Gasteiger partial charge in [-0.3, -0.25) is 9.72 Å². The number of nitrogens with one attached hydrogen (secondary N) is 2. The fourth-order valence-electron chi connectivity index (χ4n) is 1.85. The van der Waals surface area contributed by atoms with Gasteiger partial charge in [-0.05, 0) is 20.8 Å². The molecular weight excluding hydrogens is 308 g/mol. The van der Waals surface area contributed by atoms with E-state index < -0.39 is 0 Å². The number of nitrogens with zero attached hydrogens (tertiary/aromatic N) is 4. The van der Waals surface area contributed by atoms with Gasteiger partial charge in [0.15, 0.2) is 4.96 Å². The number of urea groups is 1. The zero-order valence-electron chi connectivity index (χ0n) is 11.8. The molecule has 21 heavy (non-hydrogen) atoms. The predicted molar refractivity (Wildman–Crippen MR) is 83.0 cm³/mol. The van der Waals surface area contributed by atoms with E-state index in [4.69, 9.17) is 0 Å². The van der Waals surface area contributed by atoms with Crippen LogP contribution in [-0.4, -0.2) is 25.6 Å². The second-order valence-electron chi connectivity index (χ2n) is 4.56. The van der Waals surface area contributed by atoms with E-state index in [1.54, 1.807) is 11.3 Å². The van der Waals surface area contributed by atoms with Crippen molar-refractivity contribution in [3.8, 4) is 0 Å². The molecule has 0 bridgehead atoms. The lowest BCUT2D eigenvalue weighted by molar-refractivity contribution is 0.251. The van der Waals surface area contributed by atoms with Crippen LogP contribution in [0.3, 0.4) is 0 Å². The first-order chi connectivity index (χ1) is 10.0. The number of rotatable bonds is 3. The van der Waals surface area contributed by atoms with E-state index in [-0.39, 0.29) is 6.03 Å². The van der Waals surface area contributed by atoms with Crippen LogP contribution in [-0.2, 0) is 6.54 Å². The summed E-state index contributed by atoms with van der Waals surface area (Å²) in [7, 11) is 0. The van der Waals surface area contributed by atoms with Gasteiger partial charge in [-0.2, -0.15) is 0 Å². The van der Waals surface area contributed by atoms with E-state index in [0.29, 0.717) is 11.7 Å². The SMILES string of the molecule is Cc1nnc(NC(=O)NCc2cn3c(C)c(C)sc3n2)s1. The average molecular weight is 322 g/mol. The Labute approximate surface area is 129 Å². The molecule has 0 saturated heterocycles. The van der Waals surface area contributed by atoms with Gasteiger partial charge in [0.25, 0.3) is 0 Å². The highest BCUT2D eigenvalue weighted by Crippen LogP contribution is 2.21. The van der Waals surface area contributed by atoms with Crippen molar-refractivity contribution in [1.82, 2.24) is 24.9 Å². The molecule has 0 aliphatic heterocycles. The van der Waals surface area contributed by atoms with Crippen molar-refractivity contribution >= 4 is 38.8 Å². The number of carbonyl (C=O) groups is 1. The van der Waals surface area contributed by atoms with Gasteiger partial charge in [0.2, 0.25) is 5.13 Å². The number of aryl methyl sites for hydroxylation is 3. The second kappa shape index (κ2) is 5.41. The van der Waals surface area contributed by atoms with E-state index in [1.165, 1.54) is 21.9 Å². The molecule has 3 aromatic heterocycles. The van der Waals surface area contributed by atoms with Crippen LogP contribution in [0.15, 0.2) is 6.20 Å². The number of fused-ring (bicyclic) bond motifs is 1. The average Bonchev–Trinajstić information content (AvgIpc) is 3.07. The molecule has 0 fully saturated rings. The standard InChI is InChI=1S/C12H14N6OS2/c1-6-7(2)20-12-14-9(5-18(6)12)4-13-10(19)15-11-17-16-8(3)21-11/h5H,4H2,1-3H3,(H2,13,15,17,19). The van der Waals surface area contributed by atoms with E-state index in [0.717, 1.165) is 15.7 Å². The maximum Gasteiger partial charge on any atom is 0.321 e. The number of hydrogen-bond donors (Lipinski definition) is 2. The highest BCUT2D eigenvalue weighted by molar-refractivity contribution is 7.17. The molecule has 0 spiro atoms. The number of aromatic nitrogens is 4. The summed E-state index contributed by atoms with van der Waals surface area (Å²) in [6, 6.07) is -0.310. The van der Waals surface area contributed by atoms with E-state index in [1.807, 2.05) is 17.5 Å². The highest BCUT2D eigenvalue weighted by atomic mass is 32.1. The minimum absolute atomic E-state index is 0.310. The quantitative estimate of drug-likeness (QED) is 0.776. The van der Waals surface area contributed by atoms with Crippen molar-refractivity contribution in [2.24, 2.45) is 0 Å². The summed E-state index contributed by atoms with van der Waals surface area (Å²) in [6.45, 7) is 6.34. The van der Waals surface area contributed by atoms with Gasteiger partial charge in [0.05, 0.1) is 12.2 Å². The third-order valence-electron chi connectivity index (χ3n) is 3.02. The lowest BCUT2D eigenvalue weighted by atomic mass is 10.4. The van der Waals surface area contributed by atoms with Crippen LogP contribution >= 0.6 is 22.7 Å². The van der Waals surface area contributed by atoms with Gasteiger partial charge < -0.3 is 5.32 Å². The number of anilines is 1. The van der Waals surface area contributed by atoms with Gasteiger partial charge in [-0.25, -0.2) is 9.78 Å². The number of thiazole rings is 1. The summed E-state index contributed by atoms with van der Waals surface area (Å²) in [5.74, 6) is 0. The van der Waals surface area contributed by atoms with Gasteiger partial charge in [0, 0.05) is 16.8 Å². The van der Waals surface area contributed by atoms with Crippen molar-refractivity contribution in [1.29, 1.82) is 0 Å². The number of carbonyl (C=O) groups excluding carboxylic acids is 1. The van der Waals surface area contributed by atoms with Crippen LogP contribution in [0.25, 0.3) is 4.96 Å². The van der Waals surface area contributed by atoms with Crippen LogP contribution in [0.1, 0.15) is 21.3 Å². The van der Waals surface area contributed by atoms with Crippen molar-refractivity contribution in [3.05, 3.63) is 27.5 Å². The van der Waals surface area contributed by atoms with Crippen molar-refractivity contribution in [3.63, 3.8) is 0 Å². The molecule has 3 heterocycles. The molecule has 0 unspecified atom stereocenters. The largest absolute Gasteiger partial charge is 0.332 e. The third kappa shape index (κ3) is 2.88. The molecule has 2 N–H and O–H groups in total. The normalized spacial score (nSPS) is 11.0. The summed E-state index contributed by atoms with van der Waals surface area (Å²) in [5, 5.41) is 14.4. The Hall–Kier alpha value is -2.00. The molecule has 110 valence electrons. The summed E-state index contributed by atoms with van der Waals surface area (Å²) in [6.07, 6.45) is 1.95. The fourth-order valence-corrected chi connectivity index (χ4v) is 3.40. The molecule has 2 amide bonds. The molecule has 0 aliphatic carbocycles. The lowest BCUT2D eigenvalue weighted by Crippen LogP contribution is -2.28. The predicted octanol–water partition coefficient (Wildman–Crippen LogP) is 2.49. The third-order valence-corrected chi connectivity index (χ3v) is 4.84. The zero-order chi connectivity index (χ0) is 15.0. The number of hydrogen-bond acceptors (Lipinski definition) is 6. The van der Waals surface area contributed by atoms with Gasteiger partial charge in [-0.1, -0.05) is 11.3 Å². The first kappa shape index (κ1) is 14.0. The maximum absolute atomic E-state index is 11.8. The van der Waals surface area contributed by atoms with Gasteiger partial charge in [0.1, 0.15) is 5.01 Å². The van der Waals surface area contributed by atoms with E-state index in [2.05, 4.69) is 39.7 Å². The van der Waals surface area contributed by atoms with Gasteiger partial charge >= 0.3 is 6.03 Å². The molecule has 0 atom stereocenters. The molecule has 0 aromatic carbocycles. The summed E-state index contributed by atoms with van der Waals surface area (Å²) in [4.78, 5) is 18.4. The Morgan fingerprint density at radius 2 is 2.10 bits per heavy atom. The number of imidazole rings is 1. The van der Waals surface area contributed by atoms with Crippen LogP contribution in [0, 0.1) is 20.8 Å². The maximum atomic E-state index is 11.8. The Kier molecular flexibility index (Phi) is 3.60. The van der Waals surface area contributed by atoms with Crippen LogP contribution in [0.2, 0.25) is 0 Å². The Balaban J connectivity index is 1.62. The monoisotopic (exact) mass is 322 g/mol. The lowest BCUT2D eigenvalue weighted by Gasteiger charge is -2.02. The Morgan fingerprint density at radius 1 is 1.29 bits per heavy atom. The fraction of sp³-hybridized carbons (Fsp3) is 0.333. The molecule has 3 aromatic rings. The Bertz CT molecular complexity index is 802. The first-order valence-corrected chi connectivity index (χ1v) is 7.95. The summed E-state index contributed by atoms with van der Waals surface area (Å²) >= 11 is 2.98. The topological polar surface area (TPSA) is 84.2 Å². The van der Waals surface area contributed by atoms with Gasteiger partial charge in [-0.15, -0.1) is 21.5 Å². The van der Waals surface area contributed by atoms with Crippen molar-refractivity contribution < 1.29 is 4.79 Å².